The molecule has 0 radical (unpaired) electrons. The van der Waals surface area contributed by atoms with E-state index in [0.717, 1.165) is 11.0 Å². The molecule has 150 valence electrons. The first-order chi connectivity index (χ1) is 13.8. The van der Waals surface area contributed by atoms with Crippen molar-refractivity contribution in [2.45, 2.75) is 25.0 Å². The largest absolute Gasteiger partial charge is 0.382 e. The molecule has 0 spiro atoms. The van der Waals surface area contributed by atoms with Gasteiger partial charge >= 0.3 is 11.8 Å². The standard InChI is InChI=1S/C18H13F4N5O2/c19-16(20)15(28)12-2-1-3-13-14(12)18(21,22)17(29)26(13)9-10-4-5-11(8-23-10)27-24-6-7-25-27/h1-8,15-16,28H,9H2. The van der Waals surface area contributed by atoms with E-state index in [9.17, 15) is 27.5 Å². The number of benzene rings is 1. The number of amides is 1. The fraction of sp³-hybridized carbons (Fsp3) is 0.222. The van der Waals surface area contributed by atoms with Crippen molar-refractivity contribution in [3.63, 3.8) is 0 Å². The average Bonchev–Trinajstić information content (AvgIpc) is 3.30. The van der Waals surface area contributed by atoms with Crippen LogP contribution in [0.5, 0.6) is 0 Å². The van der Waals surface area contributed by atoms with Crippen molar-refractivity contribution >= 4 is 11.6 Å². The van der Waals surface area contributed by atoms with Gasteiger partial charge in [0.25, 0.3) is 6.43 Å². The number of aliphatic hydroxyl groups is 1. The van der Waals surface area contributed by atoms with Gasteiger partial charge in [-0.15, -0.1) is 0 Å². The molecule has 11 heteroatoms. The van der Waals surface area contributed by atoms with Gasteiger partial charge in [0, 0.05) is 0 Å². The van der Waals surface area contributed by atoms with E-state index in [1.165, 1.54) is 41.6 Å². The average molecular weight is 407 g/mol. The second-order valence-electron chi connectivity index (χ2n) is 6.31. The Morgan fingerprint density at radius 3 is 2.45 bits per heavy atom. The van der Waals surface area contributed by atoms with Gasteiger partial charge in [0.15, 0.2) is 0 Å². The van der Waals surface area contributed by atoms with Gasteiger partial charge in [0.2, 0.25) is 0 Å². The van der Waals surface area contributed by atoms with Gasteiger partial charge in [-0.25, -0.2) is 8.78 Å². The molecule has 3 aromatic rings. The Morgan fingerprint density at radius 2 is 1.83 bits per heavy atom. The summed E-state index contributed by atoms with van der Waals surface area (Å²) >= 11 is 0. The molecular weight excluding hydrogens is 394 g/mol. The lowest BCUT2D eigenvalue weighted by molar-refractivity contribution is -0.142. The number of aromatic nitrogens is 4. The van der Waals surface area contributed by atoms with Gasteiger partial charge in [-0.2, -0.15) is 23.8 Å². The number of aliphatic hydroxyl groups excluding tert-OH is 1. The Kier molecular flexibility index (Phi) is 4.53. The minimum atomic E-state index is -4.04. The van der Waals surface area contributed by atoms with Crippen LogP contribution >= 0.6 is 0 Å². The molecule has 0 aliphatic carbocycles. The van der Waals surface area contributed by atoms with Crippen molar-refractivity contribution in [2.24, 2.45) is 0 Å². The molecule has 29 heavy (non-hydrogen) atoms. The fourth-order valence-corrected chi connectivity index (χ4v) is 3.19. The van der Waals surface area contributed by atoms with E-state index in [-0.39, 0.29) is 17.9 Å². The topological polar surface area (TPSA) is 84.1 Å². The second-order valence-corrected chi connectivity index (χ2v) is 6.31. The molecule has 0 saturated heterocycles. The van der Waals surface area contributed by atoms with Crippen molar-refractivity contribution in [1.82, 2.24) is 20.0 Å². The number of hydrogen-bond acceptors (Lipinski definition) is 5. The summed E-state index contributed by atoms with van der Waals surface area (Å²) < 4.78 is 55.1. The highest BCUT2D eigenvalue weighted by atomic mass is 19.3. The quantitative estimate of drug-likeness (QED) is 0.658. The minimum Gasteiger partial charge on any atom is -0.382 e. The summed E-state index contributed by atoms with van der Waals surface area (Å²) in [5.74, 6) is -5.61. The van der Waals surface area contributed by atoms with Gasteiger partial charge < -0.3 is 10.0 Å². The zero-order valence-corrected chi connectivity index (χ0v) is 14.6. The van der Waals surface area contributed by atoms with E-state index >= 15 is 0 Å². The first-order valence-electron chi connectivity index (χ1n) is 8.41. The number of anilines is 1. The first kappa shape index (κ1) is 19.0. The Balaban J connectivity index is 1.68. The number of hydrogen-bond donors (Lipinski definition) is 1. The van der Waals surface area contributed by atoms with Gasteiger partial charge in [-0.3, -0.25) is 9.78 Å². The van der Waals surface area contributed by atoms with E-state index in [4.69, 9.17) is 0 Å². The summed E-state index contributed by atoms with van der Waals surface area (Å²) in [5, 5.41) is 17.5. The third kappa shape index (κ3) is 3.12. The summed E-state index contributed by atoms with van der Waals surface area (Å²) in [6.45, 7) is -0.303. The number of pyridine rings is 1. The number of nitrogens with zero attached hydrogens (tertiary/aromatic N) is 5. The SMILES string of the molecule is O=C1N(Cc2ccc(-n3nccn3)cn2)c2cccc(C(O)C(F)F)c2C1(F)F. The molecule has 0 fully saturated rings. The summed E-state index contributed by atoms with van der Waals surface area (Å²) in [6.07, 6.45) is -1.34. The number of fused-ring (bicyclic) bond motifs is 1. The van der Waals surface area contributed by atoms with Crippen molar-refractivity contribution in [3.8, 4) is 5.69 Å². The number of carbonyl (C=O) groups excluding carboxylic acids is 1. The second kappa shape index (κ2) is 6.92. The maximum absolute atomic E-state index is 14.6. The van der Waals surface area contributed by atoms with Crippen LogP contribution in [-0.4, -0.2) is 37.4 Å². The zero-order chi connectivity index (χ0) is 20.8. The van der Waals surface area contributed by atoms with E-state index in [1.54, 1.807) is 6.07 Å². The minimum absolute atomic E-state index is 0.239. The van der Waals surface area contributed by atoms with Crippen LogP contribution in [0.2, 0.25) is 0 Å². The Morgan fingerprint density at radius 1 is 1.10 bits per heavy atom. The van der Waals surface area contributed by atoms with Crippen molar-refractivity contribution in [3.05, 3.63) is 65.7 Å². The molecule has 1 aliphatic rings. The van der Waals surface area contributed by atoms with Gasteiger partial charge in [0.05, 0.1) is 42.1 Å². The molecule has 3 heterocycles. The lowest BCUT2D eigenvalue weighted by Gasteiger charge is -2.17. The van der Waals surface area contributed by atoms with Crippen LogP contribution in [0, 0.1) is 0 Å². The summed E-state index contributed by atoms with van der Waals surface area (Å²) in [6, 6.07) is 6.53. The van der Waals surface area contributed by atoms with Crippen LogP contribution in [0.25, 0.3) is 5.69 Å². The van der Waals surface area contributed by atoms with Gasteiger partial charge in [-0.1, -0.05) is 12.1 Å². The lowest BCUT2D eigenvalue weighted by atomic mass is 9.98. The summed E-state index contributed by atoms with van der Waals surface area (Å²) in [4.78, 5) is 18.5. The maximum atomic E-state index is 14.6. The third-order valence-corrected chi connectivity index (χ3v) is 4.53. The highest BCUT2D eigenvalue weighted by Gasteiger charge is 2.55. The van der Waals surface area contributed by atoms with Crippen molar-refractivity contribution in [1.29, 1.82) is 0 Å². The van der Waals surface area contributed by atoms with E-state index in [2.05, 4.69) is 15.2 Å². The molecule has 1 unspecified atom stereocenters. The maximum Gasteiger partial charge on any atom is 0.352 e. The molecular formula is C18H13F4N5O2. The molecule has 1 aliphatic heterocycles. The third-order valence-electron chi connectivity index (χ3n) is 4.53. The van der Waals surface area contributed by atoms with Crippen LogP contribution < -0.4 is 4.90 Å². The molecule has 2 aromatic heterocycles. The molecule has 4 rings (SSSR count). The lowest BCUT2D eigenvalue weighted by Crippen LogP contribution is -2.34. The highest BCUT2D eigenvalue weighted by molar-refractivity contribution is 6.06. The van der Waals surface area contributed by atoms with Crippen LogP contribution in [0.1, 0.15) is 22.9 Å². The van der Waals surface area contributed by atoms with Crippen molar-refractivity contribution < 1.29 is 27.5 Å². The number of rotatable bonds is 5. The van der Waals surface area contributed by atoms with Crippen LogP contribution in [-0.2, 0) is 17.3 Å². The van der Waals surface area contributed by atoms with Gasteiger partial charge in [-0.05, 0) is 23.8 Å². The smallest absolute Gasteiger partial charge is 0.352 e. The zero-order valence-electron chi connectivity index (χ0n) is 14.6. The number of carbonyl (C=O) groups is 1. The normalized spacial score (nSPS) is 16.3. The van der Waals surface area contributed by atoms with E-state index in [1.807, 2.05) is 0 Å². The first-order valence-corrected chi connectivity index (χ1v) is 8.41. The Hall–Kier alpha value is -3.34. The monoisotopic (exact) mass is 407 g/mol. The summed E-state index contributed by atoms with van der Waals surface area (Å²) in [7, 11) is 0. The van der Waals surface area contributed by atoms with E-state index in [0.29, 0.717) is 5.69 Å². The molecule has 1 atom stereocenters. The number of halogens is 4. The fourth-order valence-electron chi connectivity index (χ4n) is 3.19. The van der Waals surface area contributed by atoms with Crippen LogP contribution in [0.3, 0.4) is 0 Å². The number of alkyl halides is 4. The molecule has 1 amide bonds. The molecule has 0 bridgehead atoms. The predicted octanol–water partition coefficient (Wildman–Crippen LogP) is 2.60. The molecule has 0 saturated carbocycles. The predicted molar refractivity (Wildman–Crippen MR) is 91.6 cm³/mol. The van der Waals surface area contributed by atoms with Crippen LogP contribution in [0.15, 0.2) is 48.9 Å². The highest BCUT2D eigenvalue weighted by Crippen LogP contribution is 2.48. The summed E-state index contributed by atoms with van der Waals surface area (Å²) in [5.41, 5.74) is -1.00. The van der Waals surface area contributed by atoms with Crippen LogP contribution in [0.4, 0.5) is 23.2 Å². The van der Waals surface area contributed by atoms with Crippen molar-refractivity contribution in [2.75, 3.05) is 4.90 Å². The van der Waals surface area contributed by atoms with Gasteiger partial charge in [0.1, 0.15) is 11.8 Å². The molecule has 1 N–H and O–H groups in total. The molecule has 7 nitrogen and oxygen atoms in total. The Bertz CT molecular complexity index is 1040. The Labute approximate surface area is 161 Å². The van der Waals surface area contributed by atoms with E-state index < -0.39 is 35.5 Å². The molecule has 1 aromatic carbocycles.